The van der Waals surface area contributed by atoms with E-state index in [-0.39, 0.29) is 5.97 Å². The van der Waals surface area contributed by atoms with Gasteiger partial charge in [0, 0.05) is 13.3 Å². The Balaban J connectivity index is 0.000000325. The fourth-order valence-corrected chi connectivity index (χ4v) is 1.84. The molecule has 0 spiro atoms. The number of carbonyl (C=O) groups excluding carboxylic acids is 1. The van der Waals surface area contributed by atoms with Gasteiger partial charge in [0.15, 0.2) is 0 Å². The van der Waals surface area contributed by atoms with Crippen LogP contribution in [0.15, 0.2) is 0 Å². The summed E-state index contributed by atoms with van der Waals surface area (Å²) in [6.07, 6.45) is 6.42. The molecule has 1 fully saturated rings. The molecule has 0 saturated heterocycles. The summed E-state index contributed by atoms with van der Waals surface area (Å²) >= 11 is 0. The van der Waals surface area contributed by atoms with Gasteiger partial charge in [-0.2, -0.15) is 0 Å². The first-order valence-corrected chi connectivity index (χ1v) is 5.91. The van der Waals surface area contributed by atoms with Crippen LogP contribution in [0.25, 0.3) is 0 Å². The van der Waals surface area contributed by atoms with Crippen molar-refractivity contribution in [2.45, 2.75) is 52.4 Å². The highest BCUT2D eigenvalue weighted by Crippen LogP contribution is 2.25. The summed E-state index contributed by atoms with van der Waals surface area (Å²) in [6, 6.07) is 0. The zero-order valence-electron chi connectivity index (χ0n) is 10.2. The first-order valence-electron chi connectivity index (χ1n) is 5.91. The minimum Gasteiger partial charge on any atom is -0.481 e. The van der Waals surface area contributed by atoms with Gasteiger partial charge in [-0.1, -0.05) is 19.3 Å². The van der Waals surface area contributed by atoms with Crippen LogP contribution in [0.5, 0.6) is 0 Å². The van der Waals surface area contributed by atoms with Crippen molar-refractivity contribution in [3.8, 4) is 0 Å². The summed E-state index contributed by atoms with van der Waals surface area (Å²) < 4.78 is 4.40. The number of rotatable bonds is 3. The molecule has 0 bridgehead atoms. The van der Waals surface area contributed by atoms with Crippen molar-refractivity contribution in [1.82, 2.24) is 0 Å². The lowest BCUT2D eigenvalue weighted by Gasteiger charge is -2.18. The Morgan fingerprint density at radius 2 is 1.81 bits per heavy atom. The zero-order chi connectivity index (χ0) is 12.4. The lowest BCUT2D eigenvalue weighted by molar-refractivity contribution is -0.140. The first-order chi connectivity index (χ1) is 7.56. The molecule has 94 valence electrons. The number of hydrogen-bond acceptors (Lipinski definition) is 3. The summed E-state index contributed by atoms with van der Waals surface area (Å²) in [4.78, 5) is 20.1. The fraction of sp³-hybridized carbons (Fsp3) is 0.833. The van der Waals surface area contributed by atoms with Crippen LogP contribution in [-0.2, 0) is 14.3 Å². The molecule has 0 heterocycles. The molecule has 16 heavy (non-hydrogen) atoms. The third-order valence-electron chi connectivity index (χ3n) is 2.54. The quantitative estimate of drug-likeness (QED) is 0.757. The van der Waals surface area contributed by atoms with Crippen LogP contribution in [0.4, 0.5) is 0 Å². The van der Waals surface area contributed by atoms with Crippen molar-refractivity contribution in [2.75, 3.05) is 6.61 Å². The number of aliphatic carboxylic acids is 1. The predicted molar refractivity (Wildman–Crippen MR) is 61.1 cm³/mol. The third kappa shape index (κ3) is 9.49. The van der Waals surface area contributed by atoms with Crippen molar-refractivity contribution >= 4 is 11.9 Å². The van der Waals surface area contributed by atoms with Gasteiger partial charge >= 0.3 is 11.9 Å². The molecule has 4 nitrogen and oxygen atoms in total. The molecule has 0 radical (unpaired) electrons. The van der Waals surface area contributed by atoms with Crippen LogP contribution < -0.4 is 0 Å². The van der Waals surface area contributed by atoms with Gasteiger partial charge in [0.05, 0.1) is 6.61 Å². The summed E-state index contributed by atoms with van der Waals surface area (Å²) in [7, 11) is 0. The fourth-order valence-electron chi connectivity index (χ4n) is 1.84. The van der Waals surface area contributed by atoms with Crippen molar-refractivity contribution in [1.29, 1.82) is 0 Å². The second kappa shape index (κ2) is 9.19. The molecule has 1 aliphatic rings. The maximum absolute atomic E-state index is 10.3. The minimum atomic E-state index is -0.632. The maximum atomic E-state index is 10.3. The van der Waals surface area contributed by atoms with Crippen molar-refractivity contribution in [3.63, 3.8) is 0 Å². The average molecular weight is 230 g/mol. The Kier molecular flexibility index (Phi) is 8.58. The minimum absolute atomic E-state index is 0.211. The molecule has 1 aliphatic carbocycles. The van der Waals surface area contributed by atoms with E-state index in [9.17, 15) is 9.59 Å². The number of carbonyl (C=O) groups is 2. The van der Waals surface area contributed by atoms with Crippen molar-refractivity contribution in [2.24, 2.45) is 5.92 Å². The van der Waals surface area contributed by atoms with Gasteiger partial charge in [-0.05, 0) is 25.7 Å². The van der Waals surface area contributed by atoms with Crippen molar-refractivity contribution < 1.29 is 19.4 Å². The van der Waals surface area contributed by atoms with E-state index in [4.69, 9.17) is 5.11 Å². The van der Waals surface area contributed by atoms with Crippen LogP contribution in [0.3, 0.4) is 0 Å². The molecule has 1 saturated carbocycles. The van der Waals surface area contributed by atoms with Gasteiger partial charge in [0.1, 0.15) is 0 Å². The second-order valence-electron chi connectivity index (χ2n) is 4.03. The van der Waals surface area contributed by atoms with E-state index in [1.54, 1.807) is 6.92 Å². The number of carboxylic acids is 1. The van der Waals surface area contributed by atoms with Crippen LogP contribution in [0.2, 0.25) is 0 Å². The van der Waals surface area contributed by atoms with E-state index in [0.717, 1.165) is 12.8 Å². The summed E-state index contributed by atoms with van der Waals surface area (Å²) in [5.41, 5.74) is 0. The lowest BCUT2D eigenvalue weighted by atomic mass is 9.87. The topological polar surface area (TPSA) is 63.6 Å². The Morgan fingerprint density at radius 1 is 1.25 bits per heavy atom. The molecule has 1 N–H and O–H groups in total. The molecule has 4 heteroatoms. The monoisotopic (exact) mass is 230 g/mol. The van der Waals surface area contributed by atoms with Gasteiger partial charge in [0.2, 0.25) is 0 Å². The highest BCUT2D eigenvalue weighted by Gasteiger charge is 2.15. The van der Waals surface area contributed by atoms with Gasteiger partial charge in [-0.15, -0.1) is 0 Å². The summed E-state index contributed by atoms with van der Waals surface area (Å²) in [5.74, 6) is -0.365. The Labute approximate surface area is 97.0 Å². The highest BCUT2D eigenvalue weighted by atomic mass is 16.5. The molecule has 0 aliphatic heterocycles. The Morgan fingerprint density at radius 3 is 2.12 bits per heavy atom. The predicted octanol–water partition coefficient (Wildman–Crippen LogP) is 2.61. The molecule has 1 rings (SSSR count). The van der Waals surface area contributed by atoms with E-state index in [2.05, 4.69) is 4.74 Å². The normalized spacial score (nSPS) is 15.9. The highest BCUT2D eigenvalue weighted by molar-refractivity contribution is 5.67. The van der Waals surface area contributed by atoms with Gasteiger partial charge < -0.3 is 9.84 Å². The number of carboxylic acid groups (broad SMARTS) is 1. The lowest BCUT2D eigenvalue weighted by Crippen LogP contribution is -2.10. The molecular formula is C12H22O4. The van der Waals surface area contributed by atoms with E-state index >= 15 is 0 Å². The largest absolute Gasteiger partial charge is 0.481 e. The SMILES string of the molecule is CCOC(C)=O.O=C(O)CC1CCCCC1. The van der Waals surface area contributed by atoms with E-state index in [1.165, 1.54) is 26.2 Å². The van der Waals surface area contributed by atoms with Crippen LogP contribution in [0.1, 0.15) is 52.4 Å². The molecular weight excluding hydrogens is 208 g/mol. The summed E-state index contributed by atoms with van der Waals surface area (Å²) in [6.45, 7) is 3.65. The molecule has 0 amide bonds. The first kappa shape index (κ1) is 14.9. The third-order valence-corrected chi connectivity index (χ3v) is 2.54. The van der Waals surface area contributed by atoms with E-state index < -0.39 is 5.97 Å². The standard InChI is InChI=1S/C8H14O2.C4H8O2/c9-8(10)6-7-4-2-1-3-5-7;1-3-6-4(2)5/h7H,1-6H2,(H,9,10);3H2,1-2H3. The van der Waals surface area contributed by atoms with Crippen LogP contribution in [0, 0.1) is 5.92 Å². The number of ether oxygens (including phenoxy) is 1. The number of esters is 1. The summed E-state index contributed by atoms with van der Waals surface area (Å²) in [5, 5.41) is 8.47. The van der Waals surface area contributed by atoms with Crippen molar-refractivity contribution in [3.05, 3.63) is 0 Å². The average Bonchev–Trinajstić information content (AvgIpc) is 2.18. The second-order valence-corrected chi connectivity index (χ2v) is 4.03. The smallest absolute Gasteiger partial charge is 0.303 e. The van der Waals surface area contributed by atoms with Gasteiger partial charge in [0.25, 0.3) is 0 Å². The van der Waals surface area contributed by atoms with Gasteiger partial charge in [-0.25, -0.2) is 0 Å². The number of hydrogen-bond donors (Lipinski definition) is 1. The molecule has 0 aromatic carbocycles. The van der Waals surface area contributed by atoms with E-state index in [1.807, 2.05) is 0 Å². The van der Waals surface area contributed by atoms with Crippen LogP contribution in [-0.4, -0.2) is 23.7 Å². The van der Waals surface area contributed by atoms with E-state index in [0.29, 0.717) is 18.9 Å². The zero-order valence-corrected chi connectivity index (χ0v) is 10.2. The Bertz CT molecular complexity index is 207. The molecule has 0 atom stereocenters. The maximum Gasteiger partial charge on any atom is 0.303 e. The van der Waals surface area contributed by atoms with Gasteiger partial charge in [-0.3, -0.25) is 9.59 Å². The Hall–Kier alpha value is -1.06. The molecule has 0 aromatic heterocycles. The molecule has 0 aromatic rings. The van der Waals surface area contributed by atoms with Crippen LogP contribution >= 0.6 is 0 Å². The molecule has 0 unspecified atom stereocenters.